The Labute approximate surface area is 115 Å². The van der Waals surface area contributed by atoms with Crippen LogP contribution in [0.25, 0.3) is 0 Å². The van der Waals surface area contributed by atoms with Crippen LogP contribution in [0.4, 0.5) is 18.0 Å². The molecule has 0 aromatic carbocycles. The van der Waals surface area contributed by atoms with Gasteiger partial charge in [-0.25, -0.2) is 9.79 Å². The summed E-state index contributed by atoms with van der Waals surface area (Å²) in [5.41, 5.74) is -0.835. The zero-order valence-corrected chi connectivity index (χ0v) is 11.2. The van der Waals surface area contributed by atoms with Crippen LogP contribution in [0.15, 0.2) is 17.1 Å². The molecule has 2 heterocycles. The summed E-state index contributed by atoms with van der Waals surface area (Å²) in [4.78, 5) is 16.6. The van der Waals surface area contributed by atoms with Gasteiger partial charge in [0.1, 0.15) is 10.7 Å². The number of nitrogens with one attached hydrogen (secondary N) is 1. The summed E-state index contributed by atoms with van der Waals surface area (Å²) in [6.45, 7) is 1.61. The fourth-order valence-electron chi connectivity index (χ4n) is 1.55. The van der Waals surface area contributed by atoms with E-state index in [0.29, 0.717) is 22.0 Å². The summed E-state index contributed by atoms with van der Waals surface area (Å²) < 4.78 is 37.4. The van der Waals surface area contributed by atoms with Crippen molar-refractivity contribution >= 4 is 34.8 Å². The lowest BCUT2D eigenvalue weighted by atomic mass is 10.3. The molecule has 19 heavy (non-hydrogen) atoms. The average molecular weight is 312 g/mol. The highest BCUT2D eigenvalue weighted by molar-refractivity contribution is 7.12. The van der Waals surface area contributed by atoms with Crippen LogP contribution < -0.4 is 5.32 Å². The van der Waals surface area contributed by atoms with Crippen LogP contribution in [0, 0.1) is 0 Å². The maximum atomic E-state index is 12.5. The summed E-state index contributed by atoms with van der Waals surface area (Å²) in [6.07, 6.45) is -4.36. The van der Waals surface area contributed by atoms with E-state index in [9.17, 15) is 18.0 Å². The van der Waals surface area contributed by atoms with Crippen molar-refractivity contribution in [1.82, 2.24) is 10.2 Å². The summed E-state index contributed by atoms with van der Waals surface area (Å²) in [6, 6.07) is 1.87. The lowest BCUT2D eigenvalue weighted by molar-refractivity contribution is -0.134. The van der Waals surface area contributed by atoms with Crippen LogP contribution >= 0.6 is 22.9 Å². The van der Waals surface area contributed by atoms with E-state index in [4.69, 9.17) is 11.6 Å². The van der Waals surface area contributed by atoms with Crippen molar-refractivity contribution in [3.05, 3.63) is 21.9 Å². The van der Waals surface area contributed by atoms with Crippen LogP contribution in [0.1, 0.15) is 16.7 Å². The number of carbonyl (C=O) groups is 1. The second-order valence-electron chi connectivity index (χ2n) is 3.81. The van der Waals surface area contributed by atoms with E-state index in [-0.39, 0.29) is 6.54 Å². The third kappa shape index (κ3) is 3.19. The Hall–Kier alpha value is -1.28. The number of hydrogen-bond donors (Lipinski definition) is 1. The van der Waals surface area contributed by atoms with Crippen molar-refractivity contribution in [2.45, 2.75) is 25.3 Å². The first-order valence-electron chi connectivity index (χ1n) is 5.20. The molecular weight excluding hydrogens is 303 g/mol. The van der Waals surface area contributed by atoms with Crippen molar-refractivity contribution in [3.8, 4) is 0 Å². The van der Waals surface area contributed by atoms with E-state index in [0.717, 1.165) is 6.07 Å². The second-order valence-corrected chi connectivity index (χ2v) is 5.39. The standard InChI is InChI=1S/C10H9ClF3N3OS/c1-5-15-8(11)16-9(18)17(5)4-6-2-3-7(19-6)10(12,13)14/h2-3,8H,4H2,1H3,(H,16,18). The molecule has 0 saturated carbocycles. The largest absolute Gasteiger partial charge is 0.425 e. The molecule has 0 radical (unpaired) electrons. The Morgan fingerprint density at radius 2 is 2.21 bits per heavy atom. The predicted octanol–water partition coefficient (Wildman–Crippen LogP) is 3.23. The molecule has 4 nitrogen and oxygen atoms in total. The van der Waals surface area contributed by atoms with E-state index in [1.807, 2.05) is 0 Å². The average Bonchev–Trinajstić information content (AvgIpc) is 2.71. The lowest BCUT2D eigenvalue weighted by Crippen LogP contribution is -2.49. The molecule has 1 unspecified atom stereocenters. The van der Waals surface area contributed by atoms with Gasteiger partial charge < -0.3 is 5.32 Å². The van der Waals surface area contributed by atoms with Gasteiger partial charge in [0.15, 0.2) is 0 Å². The molecular formula is C10H9ClF3N3OS. The first kappa shape index (κ1) is 14.1. The van der Waals surface area contributed by atoms with Gasteiger partial charge >= 0.3 is 12.2 Å². The van der Waals surface area contributed by atoms with E-state index in [1.54, 1.807) is 6.92 Å². The SMILES string of the molecule is CC1=NC(Cl)NC(=O)N1Cc1ccc(C(F)(F)F)s1. The second kappa shape index (κ2) is 5.01. The molecule has 1 aliphatic rings. The van der Waals surface area contributed by atoms with Gasteiger partial charge in [-0.3, -0.25) is 4.90 Å². The Morgan fingerprint density at radius 1 is 1.53 bits per heavy atom. The zero-order chi connectivity index (χ0) is 14.2. The van der Waals surface area contributed by atoms with Crippen LogP contribution in [0.5, 0.6) is 0 Å². The van der Waals surface area contributed by atoms with E-state index in [1.165, 1.54) is 11.0 Å². The van der Waals surface area contributed by atoms with E-state index < -0.39 is 22.7 Å². The Bertz CT molecular complexity index is 528. The number of halogens is 4. The summed E-state index contributed by atoms with van der Waals surface area (Å²) >= 11 is 6.25. The van der Waals surface area contributed by atoms with Gasteiger partial charge in [-0.1, -0.05) is 11.6 Å². The number of rotatable bonds is 2. The van der Waals surface area contributed by atoms with Gasteiger partial charge in [-0.05, 0) is 19.1 Å². The van der Waals surface area contributed by atoms with Gasteiger partial charge in [0, 0.05) is 4.88 Å². The van der Waals surface area contributed by atoms with Gasteiger partial charge in [0.2, 0.25) is 5.62 Å². The van der Waals surface area contributed by atoms with Crippen molar-refractivity contribution in [1.29, 1.82) is 0 Å². The number of urea groups is 1. The maximum absolute atomic E-state index is 12.5. The molecule has 2 amide bonds. The molecule has 1 aromatic heterocycles. The topological polar surface area (TPSA) is 44.7 Å². The van der Waals surface area contributed by atoms with Crippen LogP contribution in [0.2, 0.25) is 0 Å². The molecule has 1 N–H and O–H groups in total. The molecule has 1 atom stereocenters. The highest BCUT2D eigenvalue weighted by atomic mass is 35.5. The van der Waals surface area contributed by atoms with Crippen LogP contribution in [-0.4, -0.2) is 22.4 Å². The molecule has 0 bridgehead atoms. The lowest BCUT2D eigenvalue weighted by Gasteiger charge is -2.27. The van der Waals surface area contributed by atoms with Gasteiger partial charge in [0.05, 0.1) is 6.54 Å². The Morgan fingerprint density at radius 3 is 2.74 bits per heavy atom. The van der Waals surface area contributed by atoms with Crippen LogP contribution in [0.3, 0.4) is 0 Å². The number of hydrogen-bond acceptors (Lipinski definition) is 3. The molecule has 104 valence electrons. The highest BCUT2D eigenvalue weighted by Gasteiger charge is 2.33. The minimum Gasteiger partial charge on any atom is -0.303 e. The molecule has 0 aliphatic carbocycles. The first-order valence-corrected chi connectivity index (χ1v) is 6.45. The third-order valence-electron chi connectivity index (χ3n) is 2.43. The quantitative estimate of drug-likeness (QED) is 0.661. The van der Waals surface area contributed by atoms with Gasteiger partial charge in [0.25, 0.3) is 0 Å². The van der Waals surface area contributed by atoms with Gasteiger partial charge in [-0.15, -0.1) is 11.3 Å². The number of aliphatic imine (C=N–C) groups is 1. The third-order valence-corrected chi connectivity index (χ3v) is 3.76. The summed E-state index contributed by atoms with van der Waals surface area (Å²) in [5.74, 6) is 0.366. The Balaban J connectivity index is 2.15. The highest BCUT2D eigenvalue weighted by Crippen LogP contribution is 2.35. The van der Waals surface area contributed by atoms with Crippen molar-refractivity contribution in [2.75, 3.05) is 0 Å². The molecule has 1 aromatic rings. The molecule has 2 rings (SSSR count). The minimum absolute atomic E-state index is 0.0333. The van der Waals surface area contributed by atoms with Crippen LogP contribution in [-0.2, 0) is 12.7 Å². The van der Waals surface area contributed by atoms with E-state index >= 15 is 0 Å². The smallest absolute Gasteiger partial charge is 0.303 e. The Kier molecular flexibility index (Phi) is 3.73. The number of amides is 2. The molecule has 1 aliphatic heterocycles. The minimum atomic E-state index is -4.36. The zero-order valence-electron chi connectivity index (χ0n) is 9.66. The predicted molar refractivity (Wildman–Crippen MR) is 66.1 cm³/mol. The first-order chi connectivity index (χ1) is 8.77. The normalized spacial score (nSPS) is 20.3. The van der Waals surface area contributed by atoms with Crippen molar-refractivity contribution in [2.24, 2.45) is 4.99 Å². The molecule has 0 fully saturated rings. The van der Waals surface area contributed by atoms with Crippen molar-refractivity contribution in [3.63, 3.8) is 0 Å². The van der Waals surface area contributed by atoms with Gasteiger partial charge in [-0.2, -0.15) is 13.2 Å². The molecule has 0 saturated heterocycles. The molecule has 9 heteroatoms. The number of thiophene rings is 1. The fraction of sp³-hybridized carbons (Fsp3) is 0.400. The monoisotopic (exact) mass is 311 g/mol. The number of alkyl halides is 4. The van der Waals surface area contributed by atoms with E-state index in [2.05, 4.69) is 10.3 Å². The number of amidine groups is 1. The van der Waals surface area contributed by atoms with Crippen molar-refractivity contribution < 1.29 is 18.0 Å². The summed E-state index contributed by atoms with van der Waals surface area (Å²) in [7, 11) is 0. The summed E-state index contributed by atoms with van der Waals surface area (Å²) in [5, 5.41) is 2.36. The maximum Gasteiger partial charge on any atom is 0.425 e. The number of nitrogens with zero attached hydrogens (tertiary/aromatic N) is 2. The molecule has 0 spiro atoms. The fourth-order valence-corrected chi connectivity index (χ4v) is 2.65. The number of carbonyl (C=O) groups excluding carboxylic acids is 1.